The summed E-state index contributed by atoms with van der Waals surface area (Å²) in [5.41, 5.74) is 5.46. The summed E-state index contributed by atoms with van der Waals surface area (Å²) in [6.45, 7) is 5.74. The van der Waals surface area contributed by atoms with Gasteiger partial charge < -0.3 is 15.6 Å². The van der Waals surface area contributed by atoms with Gasteiger partial charge >= 0.3 is 6.09 Å². The van der Waals surface area contributed by atoms with Gasteiger partial charge in [0.1, 0.15) is 0 Å². The van der Waals surface area contributed by atoms with E-state index in [0.29, 0.717) is 6.42 Å². The molecule has 1 amide bonds. The zero-order valence-electron chi connectivity index (χ0n) is 10.6. The van der Waals surface area contributed by atoms with Crippen molar-refractivity contribution in [3.05, 3.63) is 48.0 Å². The first kappa shape index (κ1) is 14.3. The van der Waals surface area contributed by atoms with Crippen molar-refractivity contribution in [3.8, 4) is 0 Å². The molecule has 18 heavy (non-hydrogen) atoms. The second-order valence-electron chi connectivity index (χ2n) is 4.45. The van der Waals surface area contributed by atoms with Gasteiger partial charge in [0.2, 0.25) is 0 Å². The van der Waals surface area contributed by atoms with Crippen LogP contribution in [0.4, 0.5) is 4.79 Å². The molecule has 0 saturated carbocycles. The molecule has 0 aliphatic heterocycles. The second-order valence-corrected chi connectivity index (χ2v) is 4.45. The summed E-state index contributed by atoms with van der Waals surface area (Å²) in [6.07, 6.45) is -0.132. The third kappa shape index (κ3) is 4.22. The molecule has 1 atom stereocenters. The molecule has 4 heteroatoms. The zero-order valence-corrected chi connectivity index (χ0v) is 10.6. The number of carbonyl (C=O) groups is 1. The summed E-state index contributed by atoms with van der Waals surface area (Å²) in [5, 5.41) is 10.7. The smallest absolute Gasteiger partial charge is 0.404 e. The predicted molar refractivity (Wildman–Crippen MR) is 69.9 cm³/mol. The molecule has 0 aliphatic rings. The lowest BCUT2D eigenvalue weighted by atomic mass is 9.85. The Morgan fingerprint density at radius 3 is 2.56 bits per heavy atom. The highest BCUT2D eigenvalue weighted by atomic mass is 16.5. The fourth-order valence-electron chi connectivity index (χ4n) is 1.90. The molecule has 0 spiro atoms. The van der Waals surface area contributed by atoms with Gasteiger partial charge in [0.15, 0.2) is 0 Å². The number of amides is 1. The van der Waals surface area contributed by atoms with Gasteiger partial charge in [-0.25, -0.2) is 4.79 Å². The Kier molecular flexibility index (Phi) is 4.92. The summed E-state index contributed by atoms with van der Waals surface area (Å²) in [7, 11) is 0. The fourth-order valence-corrected chi connectivity index (χ4v) is 1.90. The van der Waals surface area contributed by atoms with Crippen molar-refractivity contribution < 1.29 is 14.6 Å². The van der Waals surface area contributed by atoms with Gasteiger partial charge in [-0.2, -0.15) is 0 Å². The maximum atomic E-state index is 10.7. The number of hydrogen-bond donors (Lipinski definition) is 2. The average molecular weight is 249 g/mol. The quantitative estimate of drug-likeness (QED) is 0.760. The van der Waals surface area contributed by atoms with Gasteiger partial charge in [0, 0.05) is 12.8 Å². The van der Waals surface area contributed by atoms with Gasteiger partial charge in [0.25, 0.3) is 0 Å². The van der Waals surface area contributed by atoms with E-state index in [0.717, 1.165) is 11.1 Å². The van der Waals surface area contributed by atoms with Crippen molar-refractivity contribution >= 4 is 6.09 Å². The van der Waals surface area contributed by atoms with E-state index in [4.69, 9.17) is 5.73 Å². The van der Waals surface area contributed by atoms with Crippen LogP contribution in [-0.4, -0.2) is 17.8 Å². The summed E-state index contributed by atoms with van der Waals surface area (Å²) in [5.74, 6) is 0. The van der Waals surface area contributed by atoms with Crippen LogP contribution in [0, 0.1) is 0 Å². The van der Waals surface area contributed by atoms with Crippen LogP contribution in [-0.2, 0) is 10.3 Å². The first-order valence-corrected chi connectivity index (χ1v) is 5.78. The Morgan fingerprint density at radius 1 is 1.44 bits per heavy atom. The number of rotatable bonds is 6. The lowest BCUT2D eigenvalue weighted by Crippen LogP contribution is -2.29. The summed E-state index contributed by atoms with van der Waals surface area (Å²) < 4.78 is 4.69. The minimum atomic E-state index is -1.08. The predicted octanol–water partition coefficient (Wildman–Crippen LogP) is 2.33. The Labute approximate surface area is 107 Å². The molecule has 1 aromatic carbocycles. The lowest BCUT2D eigenvalue weighted by molar-refractivity contribution is 0.00912. The van der Waals surface area contributed by atoms with Gasteiger partial charge in [-0.1, -0.05) is 35.9 Å². The molecule has 0 bridgehead atoms. The third-order valence-corrected chi connectivity index (χ3v) is 2.67. The lowest BCUT2D eigenvalue weighted by Gasteiger charge is -2.28. The van der Waals surface area contributed by atoms with Gasteiger partial charge in [-0.15, -0.1) is 6.58 Å². The van der Waals surface area contributed by atoms with E-state index in [2.05, 4.69) is 11.3 Å². The Balaban J connectivity index is 2.82. The first-order valence-electron chi connectivity index (χ1n) is 5.78. The molecule has 0 aliphatic carbocycles. The standard InChI is InChI=1S/C14H19NO3/c1-11(2)10-14(17,8-9-18-13(15)16)12-6-4-3-5-7-12/h3-7,17H,1,8-10H2,2H3,(H2,15,16). The number of ether oxygens (including phenoxy) is 1. The normalized spacial score (nSPS) is 13.7. The van der Waals surface area contributed by atoms with Crippen molar-refractivity contribution in [1.29, 1.82) is 0 Å². The molecule has 0 fully saturated rings. The molecule has 98 valence electrons. The Hall–Kier alpha value is -1.81. The summed E-state index contributed by atoms with van der Waals surface area (Å²) in [4.78, 5) is 10.5. The molecule has 0 heterocycles. The maximum absolute atomic E-state index is 10.7. The molecule has 0 saturated heterocycles. The maximum Gasteiger partial charge on any atom is 0.404 e. The third-order valence-electron chi connectivity index (χ3n) is 2.67. The van der Waals surface area contributed by atoms with Crippen LogP contribution in [0.1, 0.15) is 25.3 Å². The van der Waals surface area contributed by atoms with Crippen molar-refractivity contribution in [2.24, 2.45) is 5.73 Å². The van der Waals surface area contributed by atoms with Crippen LogP contribution in [0.5, 0.6) is 0 Å². The second kappa shape index (κ2) is 6.21. The van der Waals surface area contributed by atoms with Crippen LogP contribution in [0.2, 0.25) is 0 Å². The van der Waals surface area contributed by atoms with Crippen LogP contribution in [0.25, 0.3) is 0 Å². The van der Waals surface area contributed by atoms with E-state index in [1.165, 1.54) is 0 Å². The number of carbonyl (C=O) groups excluding carboxylic acids is 1. The van der Waals surface area contributed by atoms with Crippen molar-refractivity contribution in [2.45, 2.75) is 25.4 Å². The average Bonchev–Trinajstić information content (AvgIpc) is 2.28. The van der Waals surface area contributed by atoms with Gasteiger partial charge in [0.05, 0.1) is 12.2 Å². The molecule has 1 rings (SSSR count). The van der Waals surface area contributed by atoms with Crippen molar-refractivity contribution in [3.63, 3.8) is 0 Å². The van der Waals surface area contributed by atoms with Crippen molar-refractivity contribution in [2.75, 3.05) is 6.61 Å². The molecule has 1 aromatic rings. The van der Waals surface area contributed by atoms with E-state index in [-0.39, 0.29) is 13.0 Å². The highest BCUT2D eigenvalue weighted by Crippen LogP contribution is 2.31. The highest BCUT2D eigenvalue weighted by Gasteiger charge is 2.29. The Bertz CT molecular complexity index is 416. The van der Waals surface area contributed by atoms with E-state index < -0.39 is 11.7 Å². The molecule has 1 unspecified atom stereocenters. The number of aliphatic hydroxyl groups is 1. The van der Waals surface area contributed by atoms with Crippen molar-refractivity contribution in [1.82, 2.24) is 0 Å². The Morgan fingerprint density at radius 2 is 2.06 bits per heavy atom. The largest absolute Gasteiger partial charge is 0.450 e. The van der Waals surface area contributed by atoms with E-state index in [9.17, 15) is 9.90 Å². The van der Waals surface area contributed by atoms with Crippen LogP contribution < -0.4 is 5.73 Å². The van der Waals surface area contributed by atoms with Crippen LogP contribution in [0.15, 0.2) is 42.5 Å². The highest BCUT2D eigenvalue weighted by molar-refractivity contribution is 5.64. The minimum absolute atomic E-state index is 0.0774. The number of nitrogens with two attached hydrogens (primary N) is 1. The monoisotopic (exact) mass is 249 g/mol. The minimum Gasteiger partial charge on any atom is -0.450 e. The number of hydrogen-bond acceptors (Lipinski definition) is 3. The van der Waals surface area contributed by atoms with Gasteiger partial charge in [-0.3, -0.25) is 0 Å². The molecular weight excluding hydrogens is 230 g/mol. The SMILES string of the molecule is C=C(C)CC(O)(CCOC(N)=O)c1ccccc1. The fraction of sp³-hybridized carbons (Fsp3) is 0.357. The molecular formula is C14H19NO3. The molecule has 4 nitrogen and oxygen atoms in total. The number of primary amides is 1. The topological polar surface area (TPSA) is 72.6 Å². The van der Waals surface area contributed by atoms with Crippen LogP contribution in [0.3, 0.4) is 0 Å². The van der Waals surface area contributed by atoms with E-state index in [1.807, 2.05) is 37.3 Å². The van der Waals surface area contributed by atoms with E-state index >= 15 is 0 Å². The number of benzene rings is 1. The molecule has 3 N–H and O–H groups in total. The van der Waals surface area contributed by atoms with Gasteiger partial charge in [-0.05, 0) is 12.5 Å². The van der Waals surface area contributed by atoms with E-state index in [1.54, 1.807) is 0 Å². The zero-order chi connectivity index (χ0) is 13.6. The molecule has 0 aromatic heterocycles. The first-order chi connectivity index (χ1) is 8.44. The molecule has 0 radical (unpaired) electrons. The summed E-state index contributed by atoms with van der Waals surface area (Å²) in [6, 6.07) is 9.27. The van der Waals surface area contributed by atoms with Crippen LogP contribution >= 0.6 is 0 Å². The summed E-state index contributed by atoms with van der Waals surface area (Å²) >= 11 is 0.